The van der Waals surface area contributed by atoms with Crippen LogP contribution in [0.3, 0.4) is 0 Å². The van der Waals surface area contributed by atoms with Crippen LogP contribution in [0.25, 0.3) is 0 Å². The van der Waals surface area contributed by atoms with Gasteiger partial charge < -0.3 is 15.7 Å². The van der Waals surface area contributed by atoms with Crippen molar-refractivity contribution in [1.29, 1.82) is 0 Å². The van der Waals surface area contributed by atoms with Crippen molar-refractivity contribution in [2.75, 3.05) is 25.1 Å². The minimum absolute atomic E-state index is 0.153. The second-order valence-corrected chi connectivity index (χ2v) is 5.87. The van der Waals surface area contributed by atoms with Gasteiger partial charge in [-0.1, -0.05) is 6.42 Å². The third-order valence-electron chi connectivity index (χ3n) is 3.38. The van der Waals surface area contributed by atoms with Crippen molar-refractivity contribution in [3.05, 3.63) is 0 Å². The van der Waals surface area contributed by atoms with Crippen molar-refractivity contribution in [2.24, 2.45) is 5.41 Å². The fourth-order valence-electron chi connectivity index (χ4n) is 2.16. The van der Waals surface area contributed by atoms with Gasteiger partial charge in [-0.15, -0.1) is 0 Å². The molecule has 1 rings (SSSR count). The van der Waals surface area contributed by atoms with Crippen LogP contribution in [0.15, 0.2) is 0 Å². The number of carbonyl (C=O) groups is 2. The first-order valence-electron chi connectivity index (χ1n) is 6.30. The number of carboxylic acids is 1. The van der Waals surface area contributed by atoms with Crippen LogP contribution in [-0.4, -0.2) is 42.2 Å². The number of rotatable bonds is 8. The molecular formula is C12H22N2O3S. The van der Waals surface area contributed by atoms with E-state index in [4.69, 9.17) is 5.11 Å². The quantitative estimate of drug-likeness (QED) is 0.588. The van der Waals surface area contributed by atoms with Gasteiger partial charge in [0.1, 0.15) is 0 Å². The van der Waals surface area contributed by atoms with E-state index in [0.717, 1.165) is 31.4 Å². The third kappa shape index (κ3) is 5.16. The van der Waals surface area contributed by atoms with E-state index in [1.165, 1.54) is 0 Å². The largest absolute Gasteiger partial charge is 0.481 e. The van der Waals surface area contributed by atoms with Crippen LogP contribution in [0.1, 0.15) is 32.1 Å². The van der Waals surface area contributed by atoms with Gasteiger partial charge in [-0.2, -0.15) is 11.8 Å². The summed E-state index contributed by atoms with van der Waals surface area (Å²) in [6.07, 6.45) is 5.99. The number of carboxylic acid groups (broad SMARTS) is 1. The Bertz CT molecular complexity index is 293. The molecule has 0 radical (unpaired) electrons. The number of carbonyl (C=O) groups excluding carboxylic acids is 1. The van der Waals surface area contributed by atoms with E-state index in [2.05, 4.69) is 10.6 Å². The van der Waals surface area contributed by atoms with Crippen molar-refractivity contribution >= 4 is 23.8 Å². The maximum Gasteiger partial charge on any atom is 0.314 e. The van der Waals surface area contributed by atoms with E-state index < -0.39 is 5.97 Å². The predicted octanol–water partition coefficient (Wildman–Crippen LogP) is 1.68. The van der Waals surface area contributed by atoms with Crippen LogP contribution < -0.4 is 10.6 Å². The lowest BCUT2D eigenvalue weighted by Crippen LogP contribution is -2.46. The van der Waals surface area contributed by atoms with Crippen molar-refractivity contribution < 1.29 is 14.7 Å². The Hall–Kier alpha value is -0.910. The van der Waals surface area contributed by atoms with E-state index in [-0.39, 0.29) is 17.9 Å². The summed E-state index contributed by atoms with van der Waals surface area (Å²) in [7, 11) is 0. The van der Waals surface area contributed by atoms with Gasteiger partial charge in [0, 0.05) is 13.1 Å². The summed E-state index contributed by atoms with van der Waals surface area (Å²) >= 11 is 1.75. The highest BCUT2D eigenvalue weighted by atomic mass is 32.2. The molecule has 1 aliphatic rings. The number of hydrogen-bond acceptors (Lipinski definition) is 3. The molecule has 0 aromatic rings. The highest BCUT2D eigenvalue weighted by Crippen LogP contribution is 2.43. The van der Waals surface area contributed by atoms with Gasteiger partial charge >= 0.3 is 12.0 Å². The second kappa shape index (κ2) is 7.51. The summed E-state index contributed by atoms with van der Waals surface area (Å²) in [4.78, 5) is 22.3. The van der Waals surface area contributed by atoms with E-state index in [0.29, 0.717) is 13.1 Å². The summed E-state index contributed by atoms with van der Waals surface area (Å²) in [5.41, 5.74) is -0.206. The molecule has 0 unspecified atom stereocenters. The Morgan fingerprint density at radius 3 is 2.56 bits per heavy atom. The topological polar surface area (TPSA) is 78.4 Å². The molecule has 6 heteroatoms. The Morgan fingerprint density at radius 1 is 1.33 bits per heavy atom. The predicted molar refractivity (Wildman–Crippen MR) is 72.9 cm³/mol. The lowest BCUT2D eigenvalue weighted by atomic mass is 9.66. The zero-order chi connectivity index (χ0) is 13.4. The summed E-state index contributed by atoms with van der Waals surface area (Å²) in [5.74, 6) is 0.250. The Morgan fingerprint density at radius 2 is 2.06 bits per heavy atom. The zero-order valence-electron chi connectivity index (χ0n) is 10.8. The molecule has 0 saturated heterocycles. The molecule has 2 amide bonds. The first-order valence-corrected chi connectivity index (χ1v) is 7.70. The summed E-state index contributed by atoms with van der Waals surface area (Å²) in [6.45, 7) is 1.13. The summed E-state index contributed by atoms with van der Waals surface area (Å²) in [6, 6.07) is -0.187. The SMILES string of the molecule is CSCCCNC(=O)NCC1(CC(=O)O)CCC1. The van der Waals surface area contributed by atoms with Gasteiger partial charge in [0.05, 0.1) is 6.42 Å². The molecule has 1 fully saturated rings. The van der Waals surface area contributed by atoms with Crippen LogP contribution in [0.2, 0.25) is 0 Å². The maximum atomic E-state index is 11.5. The van der Waals surface area contributed by atoms with E-state index in [9.17, 15) is 9.59 Å². The van der Waals surface area contributed by atoms with Crippen LogP contribution in [-0.2, 0) is 4.79 Å². The zero-order valence-corrected chi connectivity index (χ0v) is 11.6. The molecule has 104 valence electrons. The van der Waals surface area contributed by atoms with E-state index in [1.54, 1.807) is 11.8 Å². The molecule has 0 aromatic carbocycles. The summed E-state index contributed by atoms with van der Waals surface area (Å²) in [5, 5.41) is 14.4. The Kier molecular flexibility index (Phi) is 6.32. The molecule has 0 atom stereocenters. The fourth-order valence-corrected chi connectivity index (χ4v) is 2.60. The maximum absolute atomic E-state index is 11.5. The lowest BCUT2D eigenvalue weighted by Gasteiger charge is -2.40. The number of hydrogen-bond donors (Lipinski definition) is 3. The van der Waals surface area contributed by atoms with Gasteiger partial charge in [-0.3, -0.25) is 4.79 Å². The first-order chi connectivity index (χ1) is 8.58. The standard InChI is InChI=1S/C12H22N2O3S/c1-18-7-3-6-13-11(17)14-9-12(4-2-5-12)8-10(15)16/h2-9H2,1H3,(H,15,16)(H2,13,14,17). The van der Waals surface area contributed by atoms with Gasteiger partial charge in [0.25, 0.3) is 0 Å². The molecule has 0 heterocycles. The minimum atomic E-state index is -0.781. The molecule has 5 nitrogen and oxygen atoms in total. The third-order valence-corrected chi connectivity index (χ3v) is 4.07. The molecule has 0 bridgehead atoms. The van der Waals surface area contributed by atoms with Crippen molar-refractivity contribution in [2.45, 2.75) is 32.1 Å². The lowest BCUT2D eigenvalue weighted by molar-refractivity contribution is -0.141. The van der Waals surface area contributed by atoms with E-state index in [1.807, 2.05) is 6.26 Å². The van der Waals surface area contributed by atoms with Crippen molar-refractivity contribution in [3.8, 4) is 0 Å². The smallest absolute Gasteiger partial charge is 0.314 e. The highest BCUT2D eigenvalue weighted by Gasteiger charge is 2.39. The molecule has 0 aliphatic heterocycles. The normalized spacial score (nSPS) is 16.7. The molecule has 3 N–H and O–H groups in total. The number of thioether (sulfide) groups is 1. The molecule has 1 saturated carbocycles. The van der Waals surface area contributed by atoms with Gasteiger partial charge in [-0.25, -0.2) is 4.79 Å². The van der Waals surface area contributed by atoms with Crippen LogP contribution in [0.4, 0.5) is 4.79 Å². The highest BCUT2D eigenvalue weighted by molar-refractivity contribution is 7.98. The molecule has 18 heavy (non-hydrogen) atoms. The minimum Gasteiger partial charge on any atom is -0.481 e. The molecule has 0 aromatic heterocycles. The molecule has 0 spiro atoms. The molecular weight excluding hydrogens is 252 g/mol. The Labute approximate surface area is 112 Å². The average Bonchev–Trinajstić information content (AvgIpc) is 2.27. The van der Waals surface area contributed by atoms with E-state index >= 15 is 0 Å². The number of aliphatic carboxylic acids is 1. The van der Waals surface area contributed by atoms with Crippen LogP contribution >= 0.6 is 11.8 Å². The Balaban J connectivity index is 2.18. The van der Waals surface area contributed by atoms with Gasteiger partial charge in [0.15, 0.2) is 0 Å². The fraction of sp³-hybridized carbons (Fsp3) is 0.833. The van der Waals surface area contributed by atoms with Crippen molar-refractivity contribution in [3.63, 3.8) is 0 Å². The van der Waals surface area contributed by atoms with Crippen LogP contribution in [0, 0.1) is 5.41 Å². The van der Waals surface area contributed by atoms with Crippen molar-refractivity contribution in [1.82, 2.24) is 10.6 Å². The number of amides is 2. The monoisotopic (exact) mass is 274 g/mol. The number of urea groups is 1. The average molecular weight is 274 g/mol. The first kappa shape index (κ1) is 15.1. The second-order valence-electron chi connectivity index (χ2n) is 4.88. The number of nitrogens with one attached hydrogen (secondary N) is 2. The van der Waals surface area contributed by atoms with Crippen LogP contribution in [0.5, 0.6) is 0 Å². The molecule has 1 aliphatic carbocycles. The summed E-state index contributed by atoms with van der Waals surface area (Å²) < 4.78 is 0. The van der Waals surface area contributed by atoms with Gasteiger partial charge in [0.2, 0.25) is 0 Å². The van der Waals surface area contributed by atoms with Gasteiger partial charge in [-0.05, 0) is 36.7 Å².